The molecule has 2 rings (SSSR count). The summed E-state index contributed by atoms with van der Waals surface area (Å²) >= 11 is 5.92. The SMILES string of the molecule is CCC1COCCN1C(=O)c1[nH]nc(N)c1Cl. The van der Waals surface area contributed by atoms with Gasteiger partial charge in [0.1, 0.15) is 10.7 Å². The van der Waals surface area contributed by atoms with Gasteiger partial charge in [-0.1, -0.05) is 18.5 Å². The van der Waals surface area contributed by atoms with Gasteiger partial charge in [0, 0.05) is 6.54 Å². The average molecular weight is 259 g/mol. The van der Waals surface area contributed by atoms with Crippen LogP contribution in [0.4, 0.5) is 5.82 Å². The van der Waals surface area contributed by atoms with Crippen molar-refractivity contribution in [1.29, 1.82) is 0 Å². The fourth-order valence-electron chi connectivity index (χ4n) is 1.89. The number of rotatable bonds is 2. The number of ether oxygens (including phenoxy) is 1. The van der Waals surface area contributed by atoms with Crippen molar-refractivity contribution in [2.75, 3.05) is 25.5 Å². The van der Waals surface area contributed by atoms with E-state index in [1.54, 1.807) is 4.90 Å². The molecule has 6 nitrogen and oxygen atoms in total. The minimum absolute atomic E-state index is 0.0804. The number of hydrogen-bond acceptors (Lipinski definition) is 4. The number of amides is 1. The first-order valence-corrected chi connectivity index (χ1v) is 5.91. The highest BCUT2D eigenvalue weighted by atomic mass is 35.5. The van der Waals surface area contributed by atoms with E-state index in [9.17, 15) is 4.79 Å². The lowest BCUT2D eigenvalue weighted by atomic mass is 10.1. The Hall–Kier alpha value is -1.27. The summed E-state index contributed by atoms with van der Waals surface area (Å²) in [5, 5.41) is 6.49. The van der Waals surface area contributed by atoms with Gasteiger partial charge >= 0.3 is 0 Å². The zero-order chi connectivity index (χ0) is 12.4. The molecule has 1 atom stereocenters. The molecule has 0 spiro atoms. The Labute approximate surface area is 104 Å². The summed E-state index contributed by atoms with van der Waals surface area (Å²) in [7, 11) is 0. The molecule has 1 amide bonds. The first kappa shape index (κ1) is 12.2. The monoisotopic (exact) mass is 258 g/mol. The molecule has 0 aliphatic carbocycles. The summed E-state index contributed by atoms with van der Waals surface area (Å²) in [4.78, 5) is 14.0. The number of aromatic amines is 1. The van der Waals surface area contributed by atoms with Crippen molar-refractivity contribution in [3.05, 3.63) is 10.7 Å². The van der Waals surface area contributed by atoms with Crippen LogP contribution in [0.25, 0.3) is 0 Å². The molecule has 7 heteroatoms. The van der Waals surface area contributed by atoms with Crippen LogP contribution in [0.5, 0.6) is 0 Å². The molecule has 1 fully saturated rings. The van der Waals surface area contributed by atoms with Crippen molar-refractivity contribution >= 4 is 23.3 Å². The van der Waals surface area contributed by atoms with Crippen molar-refractivity contribution in [3.8, 4) is 0 Å². The van der Waals surface area contributed by atoms with Gasteiger partial charge in [-0.15, -0.1) is 0 Å². The van der Waals surface area contributed by atoms with Gasteiger partial charge in [-0.25, -0.2) is 0 Å². The number of nitrogen functional groups attached to an aromatic ring is 1. The molecule has 2 heterocycles. The maximum atomic E-state index is 12.3. The Bertz CT molecular complexity index is 420. The Kier molecular flexibility index (Phi) is 3.54. The molecule has 1 aliphatic heterocycles. The van der Waals surface area contributed by atoms with Gasteiger partial charge in [-0.3, -0.25) is 9.89 Å². The van der Waals surface area contributed by atoms with Gasteiger partial charge in [0.15, 0.2) is 5.82 Å². The van der Waals surface area contributed by atoms with Crippen molar-refractivity contribution < 1.29 is 9.53 Å². The minimum Gasteiger partial charge on any atom is -0.381 e. The molecule has 0 aromatic carbocycles. The number of halogens is 1. The van der Waals surface area contributed by atoms with Gasteiger partial charge in [0.25, 0.3) is 5.91 Å². The highest BCUT2D eigenvalue weighted by Crippen LogP contribution is 2.23. The van der Waals surface area contributed by atoms with Crippen LogP contribution in [0, 0.1) is 0 Å². The van der Waals surface area contributed by atoms with E-state index in [0.29, 0.717) is 19.8 Å². The van der Waals surface area contributed by atoms with E-state index in [-0.39, 0.29) is 28.5 Å². The number of H-pyrrole nitrogens is 1. The molecule has 1 saturated heterocycles. The summed E-state index contributed by atoms with van der Waals surface area (Å²) in [5.41, 5.74) is 5.76. The summed E-state index contributed by atoms with van der Waals surface area (Å²) in [5.74, 6) is -0.0225. The van der Waals surface area contributed by atoms with Crippen LogP contribution in [0.3, 0.4) is 0 Å². The smallest absolute Gasteiger partial charge is 0.273 e. The molecular formula is C10H15ClN4O2. The van der Waals surface area contributed by atoms with Crippen LogP contribution >= 0.6 is 11.6 Å². The standard InChI is InChI=1S/C10H15ClN4O2/c1-2-6-5-17-4-3-15(6)10(16)8-7(11)9(12)14-13-8/h6H,2-5H2,1H3,(H3,12,13,14). The molecule has 1 aromatic rings. The zero-order valence-electron chi connectivity index (χ0n) is 9.57. The number of nitrogens with zero attached hydrogens (tertiary/aromatic N) is 2. The van der Waals surface area contributed by atoms with E-state index in [1.165, 1.54) is 0 Å². The number of carbonyl (C=O) groups is 1. The summed E-state index contributed by atoms with van der Waals surface area (Å²) in [6.07, 6.45) is 0.840. The topological polar surface area (TPSA) is 84.2 Å². The Morgan fingerprint density at radius 2 is 2.53 bits per heavy atom. The normalized spacial score (nSPS) is 20.6. The molecule has 1 aliphatic rings. The molecular weight excluding hydrogens is 244 g/mol. The second-order valence-electron chi connectivity index (χ2n) is 3.93. The van der Waals surface area contributed by atoms with Crippen molar-refractivity contribution in [1.82, 2.24) is 15.1 Å². The molecule has 0 bridgehead atoms. The van der Waals surface area contributed by atoms with Crippen LogP contribution in [-0.2, 0) is 4.74 Å². The first-order valence-electron chi connectivity index (χ1n) is 5.53. The van der Waals surface area contributed by atoms with Gasteiger partial charge in [-0.05, 0) is 6.42 Å². The fourth-order valence-corrected chi connectivity index (χ4v) is 2.05. The minimum atomic E-state index is -0.172. The van der Waals surface area contributed by atoms with Crippen molar-refractivity contribution in [2.45, 2.75) is 19.4 Å². The Morgan fingerprint density at radius 3 is 3.12 bits per heavy atom. The number of anilines is 1. The van der Waals surface area contributed by atoms with Gasteiger partial charge in [-0.2, -0.15) is 5.10 Å². The molecule has 94 valence electrons. The summed E-state index contributed by atoms with van der Waals surface area (Å²) in [6.45, 7) is 3.68. The third-order valence-electron chi connectivity index (χ3n) is 2.91. The van der Waals surface area contributed by atoms with E-state index in [1.807, 2.05) is 6.92 Å². The molecule has 1 unspecified atom stereocenters. The molecule has 0 saturated carbocycles. The summed E-state index contributed by atoms with van der Waals surface area (Å²) in [6, 6.07) is 0.0804. The number of morpholine rings is 1. The maximum absolute atomic E-state index is 12.3. The number of nitrogens with one attached hydrogen (secondary N) is 1. The third kappa shape index (κ3) is 2.23. The van der Waals surface area contributed by atoms with E-state index >= 15 is 0 Å². The second-order valence-corrected chi connectivity index (χ2v) is 4.31. The predicted octanol–water partition coefficient (Wildman–Crippen LogP) is 0.896. The van der Waals surface area contributed by atoms with Gasteiger partial charge in [0.05, 0.1) is 19.3 Å². The van der Waals surface area contributed by atoms with E-state index in [2.05, 4.69) is 10.2 Å². The quantitative estimate of drug-likeness (QED) is 0.825. The van der Waals surface area contributed by atoms with Crippen LogP contribution in [-0.4, -0.2) is 46.8 Å². The fraction of sp³-hybridized carbons (Fsp3) is 0.600. The number of nitrogens with two attached hydrogens (primary N) is 1. The largest absolute Gasteiger partial charge is 0.381 e. The van der Waals surface area contributed by atoms with Crippen LogP contribution < -0.4 is 5.73 Å². The summed E-state index contributed by atoms with van der Waals surface area (Å²) < 4.78 is 5.35. The van der Waals surface area contributed by atoms with Gasteiger partial charge < -0.3 is 15.4 Å². The van der Waals surface area contributed by atoms with E-state index in [4.69, 9.17) is 22.1 Å². The highest BCUT2D eigenvalue weighted by molar-refractivity contribution is 6.35. The number of hydrogen-bond donors (Lipinski definition) is 2. The predicted molar refractivity (Wildman–Crippen MR) is 63.9 cm³/mol. The van der Waals surface area contributed by atoms with Crippen molar-refractivity contribution in [3.63, 3.8) is 0 Å². The second kappa shape index (κ2) is 4.93. The molecule has 3 N–H and O–H groups in total. The van der Waals surface area contributed by atoms with E-state index in [0.717, 1.165) is 6.42 Å². The lowest BCUT2D eigenvalue weighted by molar-refractivity contribution is -0.00309. The highest BCUT2D eigenvalue weighted by Gasteiger charge is 2.29. The Morgan fingerprint density at radius 1 is 1.76 bits per heavy atom. The molecule has 1 aromatic heterocycles. The van der Waals surface area contributed by atoms with E-state index < -0.39 is 0 Å². The molecule has 0 radical (unpaired) electrons. The number of aromatic nitrogens is 2. The maximum Gasteiger partial charge on any atom is 0.273 e. The third-order valence-corrected chi connectivity index (χ3v) is 3.29. The van der Waals surface area contributed by atoms with Crippen molar-refractivity contribution in [2.24, 2.45) is 0 Å². The van der Waals surface area contributed by atoms with Crippen LogP contribution in [0.1, 0.15) is 23.8 Å². The zero-order valence-corrected chi connectivity index (χ0v) is 10.3. The van der Waals surface area contributed by atoms with Gasteiger partial charge in [0.2, 0.25) is 0 Å². The Balaban J connectivity index is 2.21. The van der Waals surface area contributed by atoms with Crippen LogP contribution in [0.15, 0.2) is 0 Å². The van der Waals surface area contributed by atoms with Crippen LogP contribution in [0.2, 0.25) is 5.02 Å². The first-order chi connectivity index (χ1) is 8.15. The average Bonchev–Trinajstić information content (AvgIpc) is 2.69. The number of carbonyl (C=O) groups excluding carboxylic acids is 1. The lowest BCUT2D eigenvalue weighted by Gasteiger charge is -2.34. The molecule has 17 heavy (non-hydrogen) atoms. The lowest BCUT2D eigenvalue weighted by Crippen LogP contribution is -2.48.